The first kappa shape index (κ1) is 13.7. The summed E-state index contributed by atoms with van der Waals surface area (Å²) in [4.78, 5) is 22.3. The summed E-state index contributed by atoms with van der Waals surface area (Å²) in [5.74, 6) is -1.85. The SMILES string of the molecule is C/C=C(\C(=O)OC)[C@H]1CC[C@@H]([C@@H](C)C(=O)O)O1. The van der Waals surface area contributed by atoms with E-state index in [2.05, 4.69) is 4.74 Å². The Labute approximate surface area is 100 Å². The Morgan fingerprint density at radius 3 is 2.59 bits per heavy atom. The van der Waals surface area contributed by atoms with Gasteiger partial charge >= 0.3 is 11.9 Å². The minimum absolute atomic E-state index is 0.336. The molecule has 1 aliphatic heterocycles. The maximum absolute atomic E-state index is 11.5. The third-order valence-electron chi connectivity index (χ3n) is 3.08. The average molecular weight is 242 g/mol. The van der Waals surface area contributed by atoms with Gasteiger partial charge in [-0.05, 0) is 26.7 Å². The number of carboxylic acids is 1. The molecule has 1 aliphatic rings. The predicted octanol–water partition coefficient (Wildman–Crippen LogP) is 1.37. The lowest BCUT2D eigenvalue weighted by Crippen LogP contribution is -2.27. The van der Waals surface area contributed by atoms with Crippen molar-refractivity contribution in [1.82, 2.24) is 0 Å². The van der Waals surface area contributed by atoms with E-state index in [-0.39, 0.29) is 12.2 Å². The van der Waals surface area contributed by atoms with Gasteiger partial charge in [0, 0.05) is 0 Å². The Balaban J connectivity index is 2.67. The normalized spacial score (nSPS) is 26.6. The standard InChI is InChI=1S/C12H18O5/c1-4-8(12(15)16-3)10-6-5-9(17-10)7(2)11(13)14/h4,7,9-10H,5-6H2,1-3H3,(H,13,14)/b8-4-/t7-,9+,10-/m1/s1. The van der Waals surface area contributed by atoms with Crippen LogP contribution in [-0.2, 0) is 19.1 Å². The molecule has 5 heteroatoms. The fourth-order valence-corrected chi connectivity index (χ4v) is 1.97. The quantitative estimate of drug-likeness (QED) is 0.595. The Hall–Kier alpha value is -1.36. The van der Waals surface area contributed by atoms with E-state index in [1.54, 1.807) is 19.9 Å². The Bertz CT molecular complexity index is 334. The van der Waals surface area contributed by atoms with Gasteiger partial charge in [-0.25, -0.2) is 4.79 Å². The fourth-order valence-electron chi connectivity index (χ4n) is 1.97. The van der Waals surface area contributed by atoms with Crippen molar-refractivity contribution in [3.05, 3.63) is 11.6 Å². The zero-order valence-corrected chi connectivity index (χ0v) is 10.3. The highest BCUT2D eigenvalue weighted by molar-refractivity contribution is 5.89. The third kappa shape index (κ3) is 3.06. The number of carbonyl (C=O) groups excluding carboxylic acids is 1. The van der Waals surface area contributed by atoms with Gasteiger partial charge in [0.1, 0.15) is 0 Å². The zero-order chi connectivity index (χ0) is 13.0. The number of carbonyl (C=O) groups is 2. The van der Waals surface area contributed by atoms with Crippen molar-refractivity contribution in [2.45, 2.75) is 38.9 Å². The van der Waals surface area contributed by atoms with E-state index in [0.717, 1.165) is 0 Å². The van der Waals surface area contributed by atoms with E-state index >= 15 is 0 Å². The topological polar surface area (TPSA) is 72.8 Å². The van der Waals surface area contributed by atoms with E-state index in [1.807, 2.05) is 0 Å². The maximum Gasteiger partial charge on any atom is 0.336 e. The molecule has 1 saturated heterocycles. The first-order valence-corrected chi connectivity index (χ1v) is 5.64. The van der Waals surface area contributed by atoms with Gasteiger partial charge in [-0.1, -0.05) is 6.08 Å². The summed E-state index contributed by atoms with van der Waals surface area (Å²) in [5.41, 5.74) is 0.465. The third-order valence-corrected chi connectivity index (χ3v) is 3.08. The van der Waals surface area contributed by atoms with Gasteiger partial charge in [0.2, 0.25) is 0 Å². The van der Waals surface area contributed by atoms with Crippen LogP contribution in [-0.4, -0.2) is 36.4 Å². The van der Waals surface area contributed by atoms with Crippen LogP contribution in [0.25, 0.3) is 0 Å². The molecular formula is C12H18O5. The summed E-state index contributed by atoms with van der Waals surface area (Å²) in [6.45, 7) is 3.35. The molecule has 0 aromatic rings. The van der Waals surface area contributed by atoms with Gasteiger partial charge in [0.15, 0.2) is 0 Å². The van der Waals surface area contributed by atoms with Crippen LogP contribution in [0.4, 0.5) is 0 Å². The van der Waals surface area contributed by atoms with Gasteiger partial charge < -0.3 is 14.6 Å². The van der Waals surface area contributed by atoms with Crippen LogP contribution in [0.1, 0.15) is 26.7 Å². The largest absolute Gasteiger partial charge is 0.481 e. The molecule has 96 valence electrons. The van der Waals surface area contributed by atoms with Crippen LogP contribution in [0, 0.1) is 5.92 Å². The van der Waals surface area contributed by atoms with Crippen molar-refractivity contribution in [2.75, 3.05) is 7.11 Å². The Kier molecular flexibility index (Phi) is 4.69. The Morgan fingerprint density at radius 1 is 1.47 bits per heavy atom. The molecule has 1 rings (SSSR count). The smallest absolute Gasteiger partial charge is 0.336 e. The van der Waals surface area contributed by atoms with Gasteiger partial charge in [-0.3, -0.25) is 4.79 Å². The van der Waals surface area contributed by atoms with E-state index < -0.39 is 17.9 Å². The molecule has 1 heterocycles. The molecule has 0 bridgehead atoms. The van der Waals surface area contributed by atoms with Crippen LogP contribution in [0.15, 0.2) is 11.6 Å². The number of hydrogen-bond acceptors (Lipinski definition) is 4. The summed E-state index contributed by atoms with van der Waals surface area (Å²) < 4.78 is 10.3. The highest BCUT2D eigenvalue weighted by Crippen LogP contribution is 2.30. The molecule has 0 radical (unpaired) electrons. The molecule has 0 aromatic carbocycles. The van der Waals surface area contributed by atoms with Crippen LogP contribution in [0.3, 0.4) is 0 Å². The molecule has 1 fully saturated rings. The van der Waals surface area contributed by atoms with Crippen LogP contribution < -0.4 is 0 Å². The number of esters is 1. The number of allylic oxidation sites excluding steroid dienone is 1. The molecule has 0 spiro atoms. The highest BCUT2D eigenvalue weighted by atomic mass is 16.5. The number of rotatable bonds is 4. The molecule has 5 nitrogen and oxygen atoms in total. The average Bonchev–Trinajstić information content (AvgIpc) is 2.77. The molecule has 1 N–H and O–H groups in total. The van der Waals surface area contributed by atoms with Crippen LogP contribution in [0.5, 0.6) is 0 Å². The number of methoxy groups -OCH3 is 1. The molecular weight excluding hydrogens is 224 g/mol. The van der Waals surface area contributed by atoms with E-state index in [9.17, 15) is 9.59 Å². The van der Waals surface area contributed by atoms with Crippen molar-refractivity contribution < 1.29 is 24.2 Å². The Morgan fingerprint density at radius 2 is 2.12 bits per heavy atom. The second-order valence-electron chi connectivity index (χ2n) is 4.10. The molecule has 0 aliphatic carbocycles. The highest BCUT2D eigenvalue weighted by Gasteiger charge is 2.36. The van der Waals surface area contributed by atoms with E-state index in [4.69, 9.17) is 9.84 Å². The van der Waals surface area contributed by atoms with Gasteiger partial charge in [-0.15, -0.1) is 0 Å². The van der Waals surface area contributed by atoms with Crippen molar-refractivity contribution in [1.29, 1.82) is 0 Å². The zero-order valence-electron chi connectivity index (χ0n) is 10.3. The lowest BCUT2D eigenvalue weighted by Gasteiger charge is -2.17. The predicted molar refractivity (Wildman–Crippen MR) is 60.5 cm³/mol. The van der Waals surface area contributed by atoms with Gasteiger partial charge in [0.25, 0.3) is 0 Å². The molecule has 0 amide bonds. The van der Waals surface area contributed by atoms with Crippen molar-refractivity contribution >= 4 is 11.9 Å². The van der Waals surface area contributed by atoms with Crippen molar-refractivity contribution in [2.24, 2.45) is 5.92 Å². The molecule has 0 aromatic heterocycles. The summed E-state index contributed by atoms with van der Waals surface area (Å²) >= 11 is 0. The first-order valence-electron chi connectivity index (χ1n) is 5.64. The van der Waals surface area contributed by atoms with Gasteiger partial charge in [-0.2, -0.15) is 0 Å². The number of carboxylic acid groups (broad SMARTS) is 1. The summed E-state index contributed by atoms with van der Waals surface area (Å²) in [5, 5.41) is 8.89. The van der Waals surface area contributed by atoms with E-state index in [1.165, 1.54) is 7.11 Å². The number of hydrogen-bond donors (Lipinski definition) is 1. The van der Waals surface area contributed by atoms with Crippen molar-refractivity contribution in [3.8, 4) is 0 Å². The maximum atomic E-state index is 11.5. The van der Waals surface area contributed by atoms with Crippen LogP contribution >= 0.6 is 0 Å². The second kappa shape index (κ2) is 5.82. The molecule has 3 atom stereocenters. The monoisotopic (exact) mass is 242 g/mol. The summed E-state index contributed by atoms with van der Waals surface area (Å²) in [6, 6.07) is 0. The fraction of sp³-hybridized carbons (Fsp3) is 0.667. The van der Waals surface area contributed by atoms with Gasteiger partial charge in [0.05, 0.1) is 30.8 Å². The molecule has 17 heavy (non-hydrogen) atoms. The number of ether oxygens (including phenoxy) is 2. The first-order chi connectivity index (χ1) is 8.01. The van der Waals surface area contributed by atoms with E-state index in [0.29, 0.717) is 18.4 Å². The number of aliphatic carboxylic acids is 1. The summed E-state index contributed by atoms with van der Waals surface area (Å²) in [6.07, 6.45) is 2.27. The van der Waals surface area contributed by atoms with Crippen LogP contribution in [0.2, 0.25) is 0 Å². The lowest BCUT2D eigenvalue weighted by atomic mass is 10.0. The second-order valence-corrected chi connectivity index (χ2v) is 4.10. The minimum atomic E-state index is -0.879. The molecule has 0 saturated carbocycles. The summed E-state index contributed by atoms with van der Waals surface area (Å²) in [7, 11) is 1.32. The van der Waals surface area contributed by atoms with Crippen molar-refractivity contribution in [3.63, 3.8) is 0 Å². The lowest BCUT2D eigenvalue weighted by molar-refractivity contribution is -0.146. The minimum Gasteiger partial charge on any atom is -0.481 e. The molecule has 0 unspecified atom stereocenters.